The van der Waals surface area contributed by atoms with Gasteiger partial charge in [-0.05, 0) is 48.9 Å². The Kier molecular flexibility index (Phi) is 7.49. The minimum Gasteiger partial charge on any atom is -0.494 e. The average molecular weight is 470 g/mol. The van der Waals surface area contributed by atoms with Gasteiger partial charge in [-0.2, -0.15) is 4.39 Å². The van der Waals surface area contributed by atoms with Gasteiger partial charge in [0.2, 0.25) is 11.6 Å². The minimum atomic E-state index is -0.806. The lowest BCUT2D eigenvalue weighted by Crippen LogP contribution is -2.36. The maximum absolute atomic E-state index is 14.3. The van der Waals surface area contributed by atoms with Crippen LogP contribution >= 0.6 is 0 Å². The quantitative estimate of drug-likeness (QED) is 0.413. The highest BCUT2D eigenvalue weighted by Gasteiger charge is 2.26. The predicted molar refractivity (Wildman–Crippen MR) is 125 cm³/mol. The third kappa shape index (κ3) is 4.93. The molecule has 1 fully saturated rings. The second-order valence-electron chi connectivity index (χ2n) is 7.75. The number of hydrogen-bond donors (Lipinski definition) is 0. The van der Waals surface area contributed by atoms with Gasteiger partial charge in [-0.3, -0.25) is 4.79 Å². The van der Waals surface area contributed by atoms with Crippen LogP contribution in [0, 0.1) is 5.82 Å². The number of carbonyl (C=O) groups is 1. The molecule has 0 N–H and O–H groups in total. The van der Waals surface area contributed by atoms with Crippen LogP contribution in [0.4, 0.5) is 10.1 Å². The van der Waals surface area contributed by atoms with Gasteiger partial charge < -0.3 is 28.3 Å². The number of nitrogens with zero attached hydrogens (tertiary/aromatic N) is 1. The summed E-state index contributed by atoms with van der Waals surface area (Å²) in [5, 5.41) is 0. The summed E-state index contributed by atoms with van der Waals surface area (Å²) < 4.78 is 41.5. The molecule has 0 spiro atoms. The van der Waals surface area contributed by atoms with Gasteiger partial charge in [0.15, 0.2) is 17.3 Å². The monoisotopic (exact) mass is 469 g/mol. The SMILES string of the molecule is CCOC(C(=O)c1ccc(-c2cc(OC)c(F)c(OC)c2)o1)c1ccc(N2CCOCC2)cc1. The first-order valence-electron chi connectivity index (χ1n) is 11.2. The van der Waals surface area contributed by atoms with E-state index in [0.717, 1.165) is 24.3 Å². The minimum absolute atomic E-state index is 0.0196. The molecule has 7 nitrogen and oxygen atoms in total. The smallest absolute Gasteiger partial charge is 0.231 e. The van der Waals surface area contributed by atoms with Crippen molar-refractivity contribution in [2.45, 2.75) is 13.0 Å². The summed E-state index contributed by atoms with van der Waals surface area (Å²) in [5.74, 6) is -0.329. The van der Waals surface area contributed by atoms with Crippen molar-refractivity contribution >= 4 is 11.5 Å². The fourth-order valence-corrected chi connectivity index (χ4v) is 3.94. The van der Waals surface area contributed by atoms with Gasteiger partial charge in [-0.25, -0.2) is 0 Å². The summed E-state index contributed by atoms with van der Waals surface area (Å²) in [4.78, 5) is 15.6. The fourth-order valence-electron chi connectivity index (χ4n) is 3.94. The zero-order valence-corrected chi connectivity index (χ0v) is 19.5. The van der Waals surface area contributed by atoms with E-state index in [1.807, 2.05) is 31.2 Å². The standard InChI is InChI=1S/C26H28FNO6/c1-4-33-26(17-5-7-19(8-6-17)28-11-13-32-14-12-28)25(29)21-10-9-20(34-21)18-15-22(30-2)24(27)23(16-18)31-3/h5-10,15-16,26H,4,11-14H2,1-3H3. The Hall–Kier alpha value is -3.36. The number of anilines is 1. The zero-order chi connectivity index (χ0) is 24.1. The van der Waals surface area contributed by atoms with E-state index in [2.05, 4.69) is 4.90 Å². The van der Waals surface area contributed by atoms with E-state index in [0.29, 0.717) is 31.1 Å². The fraction of sp³-hybridized carbons (Fsp3) is 0.346. The van der Waals surface area contributed by atoms with Crippen LogP contribution in [0.15, 0.2) is 52.9 Å². The Morgan fingerprint density at radius 1 is 1.03 bits per heavy atom. The molecular formula is C26H28FNO6. The highest BCUT2D eigenvalue weighted by atomic mass is 19.1. The summed E-state index contributed by atoms with van der Waals surface area (Å²) in [7, 11) is 2.74. The molecule has 0 amide bonds. The third-order valence-electron chi connectivity index (χ3n) is 5.72. The molecule has 3 aromatic rings. The summed E-state index contributed by atoms with van der Waals surface area (Å²) >= 11 is 0. The third-order valence-corrected chi connectivity index (χ3v) is 5.72. The first-order valence-corrected chi connectivity index (χ1v) is 11.2. The molecule has 1 aromatic heterocycles. The Balaban J connectivity index is 1.57. The van der Waals surface area contributed by atoms with Crippen molar-refractivity contribution in [3.05, 3.63) is 65.7 Å². The van der Waals surface area contributed by atoms with Crippen LogP contribution < -0.4 is 14.4 Å². The molecule has 0 saturated carbocycles. The Bertz CT molecular complexity index is 1100. The maximum atomic E-state index is 14.3. The van der Waals surface area contributed by atoms with Crippen LogP contribution in [0.5, 0.6) is 11.5 Å². The summed E-state index contributed by atoms with van der Waals surface area (Å²) in [6.07, 6.45) is -0.806. The number of furan rings is 1. The molecule has 1 aliphatic rings. The van der Waals surface area contributed by atoms with Gasteiger partial charge in [0.25, 0.3) is 0 Å². The number of methoxy groups -OCH3 is 2. The first-order chi connectivity index (χ1) is 16.5. The lowest BCUT2D eigenvalue weighted by atomic mass is 10.0. The molecule has 0 aliphatic carbocycles. The number of Topliss-reactive ketones (excluding diaryl/α,β-unsaturated/α-hetero) is 1. The van der Waals surface area contributed by atoms with Crippen molar-refractivity contribution in [1.82, 2.24) is 0 Å². The van der Waals surface area contributed by atoms with Crippen molar-refractivity contribution in [2.75, 3.05) is 52.0 Å². The van der Waals surface area contributed by atoms with Gasteiger partial charge in [-0.15, -0.1) is 0 Å². The summed E-state index contributed by atoms with van der Waals surface area (Å²) in [6.45, 7) is 5.28. The molecule has 4 rings (SSSR count). The molecule has 1 aliphatic heterocycles. The van der Waals surface area contributed by atoms with Crippen molar-refractivity contribution in [3.8, 4) is 22.8 Å². The number of carbonyl (C=O) groups excluding carboxylic acids is 1. The van der Waals surface area contributed by atoms with Crippen molar-refractivity contribution in [1.29, 1.82) is 0 Å². The van der Waals surface area contributed by atoms with Crippen LogP contribution in [0.25, 0.3) is 11.3 Å². The van der Waals surface area contributed by atoms with E-state index >= 15 is 0 Å². The van der Waals surface area contributed by atoms with Crippen LogP contribution in [0.3, 0.4) is 0 Å². The topological polar surface area (TPSA) is 70.4 Å². The van der Waals surface area contributed by atoms with Crippen molar-refractivity contribution in [3.63, 3.8) is 0 Å². The maximum Gasteiger partial charge on any atom is 0.231 e. The first kappa shape index (κ1) is 23.8. The molecule has 0 bridgehead atoms. The molecule has 2 heterocycles. The Morgan fingerprint density at radius 2 is 1.68 bits per heavy atom. The summed E-state index contributed by atoms with van der Waals surface area (Å²) in [5.41, 5.74) is 2.35. The second-order valence-corrected chi connectivity index (χ2v) is 7.75. The molecule has 0 radical (unpaired) electrons. The van der Waals surface area contributed by atoms with E-state index in [4.69, 9.17) is 23.4 Å². The lowest BCUT2D eigenvalue weighted by molar-refractivity contribution is 0.0429. The number of rotatable bonds is 9. The molecule has 1 atom stereocenters. The molecular weight excluding hydrogens is 441 g/mol. The lowest BCUT2D eigenvalue weighted by Gasteiger charge is -2.29. The van der Waals surface area contributed by atoms with E-state index in [1.165, 1.54) is 26.4 Å². The number of ether oxygens (including phenoxy) is 4. The number of benzene rings is 2. The van der Waals surface area contributed by atoms with E-state index in [9.17, 15) is 9.18 Å². The van der Waals surface area contributed by atoms with Gasteiger partial charge in [-0.1, -0.05) is 12.1 Å². The Morgan fingerprint density at radius 3 is 2.26 bits per heavy atom. The number of ketones is 1. The van der Waals surface area contributed by atoms with Crippen molar-refractivity contribution in [2.24, 2.45) is 0 Å². The highest BCUT2D eigenvalue weighted by Crippen LogP contribution is 2.35. The van der Waals surface area contributed by atoms with Crippen molar-refractivity contribution < 1.29 is 32.5 Å². The normalized spacial score (nSPS) is 14.6. The molecule has 8 heteroatoms. The van der Waals surface area contributed by atoms with Crippen LogP contribution in [0.2, 0.25) is 0 Å². The Labute approximate surface area is 198 Å². The summed E-state index contributed by atoms with van der Waals surface area (Å²) in [6, 6.07) is 14.0. The largest absolute Gasteiger partial charge is 0.494 e. The zero-order valence-electron chi connectivity index (χ0n) is 19.5. The van der Waals surface area contributed by atoms with Crippen LogP contribution in [-0.4, -0.2) is 52.9 Å². The van der Waals surface area contributed by atoms with Gasteiger partial charge in [0, 0.05) is 30.9 Å². The van der Waals surface area contributed by atoms with E-state index in [-0.39, 0.29) is 23.0 Å². The number of halogens is 1. The van der Waals surface area contributed by atoms with Gasteiger partial charge in [0.05, 0.1) is 27.4 Å². The second kappa shape index (κ2) is 10.7. The molecule has 1 saturated heterocycles. The average Bonchev–Trinajstić information content (AvgIpc) is 3.38. The van der Waals surface area contributed by atoms with Gasteiger partial charge >= 0.3 is 0 Å². The number of morpholine rings is 1. The van der Waals surface area contributed by atoms with Gasteiger partial charge in [0.1, 0.15) is 11.9 Å². The predicted octanol–water partition coefficient (Wildman–Crippen LogP) is 4.90. The molecule has 34 heavy (non-hydrogen) atoms. The number of hydrogen-bond acceptors (Lipinski definition) is 7. The van der Waals surface area contributed by atoms with E-state index in [1.54, 1.807) is 12.1 Å². The van der Waals surface area contributed by atoms with Crippen LogP contribution in [-0.2, 0) is 9.47 Å². The highest BCUT2D eigenvalue weighted by molar-refractivity contribution is 5.98. The molecule has 180 valence electrons. The van der Waals surface area contributed by atoms with E-state index < -0.39 is 11.9 Å². The van der Waals surface area contributed by atoms with Crippen LogP contribution in [0.1, 0.15) is 29.1 Å². The molecule has 1 unspecified atom stereocenters. The molecule has 2 aromatic carbocycles.